The van der Waals surface area contributed by atoms with E-state index < -0.39 is 11.6 Å². The first kappa shape index (κ1) is 18.6. The number of ether oxygens (including phenoxy) is 2. The minimum Gasteiger partial charge on any atom is -0.488 e. The van der Waals surface area contributed by atoms with Gasteiger partial charge in [0, 0.05) is 19.1 Å². The third-order valence-corrected chi connectivity index (χ3v) is 4.14. The molecule has 6 heteroatoms. The smallest absolute Gasteiger partial charge is 0.223 e. The minimum atomic E-state index is -0.983. The number of benzene rings is 1. The summed E-state index contributed by atoms with van der Waals surface area (Å²) in [5, 5.41) is 2.94. The first-order chi connectivity index (χ1) is 11.7. The summed E-state index contributed by atoms with van der Waals surface area (Å²) in [7, 11) is 0. The molecule has 1 saturated carbocycles. The van der Waals surface area contributed by atoms with Crippen LogP contribution in [0.3, 0.4) is 0 Å². The van der Waals surface area contributed by atoms with Crippen molar-refractivity contribution < 1.29 is 23.0 Å². The normalized spacial score (nSPS) is 15.2. The Morgan fingerprint density at radius 3 is 2.71 bits per heavy atom. The minimum absolute atomic E-state index is 0.113. The van der Waals surface area contributed by atoms with Crippen LogP contribution in [0.1, 0.15) is 38.5 Å². The lowest BCUT2D eigenvalue weighted by molar-refractivity contribution is -0.125. The van der Waals surface area contributed by atoms with Crippen LogP contribution in [-0.2, 0) is 9.53 Å². The maximum Gasteiger partial charge on any atom is 0.223 e. The van der Waals surface area contributed by atoms with Gasteiger partial charge >= 0.3 is 0 Å². The summed E-state index contributed by atoms with van der Waals surface area (Å²) < 4.78 is 36.8. The molecule has 134 valence electrons. The van der Waals surface area contributed by atoms with Gasteiger partial charge in [-0.1, -0.05) is 25.3 Å². The van der Waals surface area contributed by atoms with Crippen LogP contribution >= 0.6 is 0 Å². The van der Waals surface area contributed by atoms with Crippen LogP contribution in [0.25, 0.3) is 0 Å². The van der Waals surface area contributed by atoms with Gasteiger partial charge in [0.2, 0.25) is 11.7 Å². The van der Waals surface area contributed by atoms with E-state index in [-0.39, 0.29) is 30.8 Å². The third-order valence-electron chi connectivity index (χ3n) is 4.14. The summed E-state index contributed by atoms with van der Waals surface area (Å²) in [4.78, 5) is 11.9. The second-order valence-corrected chi connectivity index (χ2v) is 5.99. The molecule has 1 aromatic rings. The number of nitrogens with one attached hydrogen (secondary N) is 1. The predicted octanol–water partition coefficient (Wildman–Crippen LogP) is 3.45. The SMILES string of the molecule is O=C(NCCCOCCOc1cccc(F)c1F)C1CCCCC1. The molecule has 1 aromatic carbocycles. The largest absolute Gasteiger partial charge is 0.488 e. The summed E-state index contributed by atoms with van der Waals surface area (Å²) in [6, 6.07) is 3.81. The quantitative estimate of drug-likeness (QED) is 0.700. The Balaban J connectivity index is 1.48. The Morgan fingerprint density at radius 1 is 1.12 bits per heavy atom. The Kier molecular flexibility index (Phi) is 7.95. The molecule has 4 nitrogen and oxygen atoms in total. The van der Waals surface area contributed by atoms with E-state index in [4.69, 9.17) is 9.47 Å². The van der Waals surface area contributed by atoms with Crippen molar-refractivity contribution in [2.75, 3.05) is 26.4 Å². The highest BCUT2D eigenvalue weighted by atomic mass is 19.2. The molecule has 0 unspecified atom stereocenters. The molecule has 1 fully saturated rings. The highest BCUT2D eigenvalue weighted by Gasteiger charge is 2.20. The zero-order valence-corrected chi connectivity index (χ0v) is 13.9. The summed E-state index contributed by atoms with van der Waals surface area (Å²) >= 11 is 0. The van der Waals surface area contributed by atoms with E-state index in [2.05, 4.69) is 5.32 Å². The molecule has 0 radical (unpaired) electrons. The van der Waals surface area contributed by atoms with Crippen molar-refractivity contribution in [1.29, 1.82) is 0 Å². The van der Waals surface area contributed by atoms with Crippen LogP contribution in [-0.4, -0.2) is 32.3 Å². The second-order valence-electron chi connectivity index (χ2n) is 5.99. The first-order valence-corrected chi connectivity index (χ1v) is 8.60. The molecule has 0 heterocycles. The van der Waals surface area contributed by atoms with E-state index in [9.17, 15) is 13.6 Å². The summed E-state index contributed by atoms with van der Waals surface area (Å²) in [5.74, 6) is -1.70. The zero-order valence-electron chi connectivity index (χ0n) is 13.9. The fourth-order valence-electron chi connectivity index (χ4n) is 2.80. The lowest BCUT2D eigenvalue weighted by Gasteiger charge is -2.20. The van der Waals surface area contributed by atoms with E-state index in [0.717, 1.165) is 31.7 Å². The lowest BCUT2D eigenvalue weighted by atomic mass is 9.89. The first-order valence-electron chi connectivity index (χ1n) is 8.60. The van der Waals surface area contributed by atoms with E-state index in [1.807, 2.05) is 0 Å². The molecule has 0 atom stereocenters. The van der Waals surface area contributed by atoms with Gasteiger partial charge in [-0.25, -0.2) is 4.39 Å². The van der Waals surface area contributed by atoms with Crippen LogP contribution in [0.15, 0.2) is 18.2 Å². The molecular weight excluding hydrogens is 316 g/mol. The topological polar surface area (TPSA) is 47.6 Å². The molecule has 0 bridgehead atoms. The van der Waals surface area contributed by atoms with Gasteiger partial charge in [0.15, 0.2) is 11.6 Å². The number of rotatable bonds is 9. The number of hydrogen-bond acceptors (Lipinski definition) is 3. The van der Waals surface area contributed by atoms with Crippen LogP contribution in [0.4, 0.5) is 8.78 Å². The Hall–Kier alpha value is -1.69. The maximum absolute atomic E-state index is 13.3. The highest BCUT2D eigenvalue weighted by molar-refractivity contribution is 5.78. The van der Waals surface area contributed by atoms with Gasteiger partial charge in [0.25, 0.3) is 0 Å². The molecule has 0 spiro atoms. The van der Waals surface area contributed by atoms with Gasteiger partial charge in [-0.05, 0) is 31.4 Å². The summed E-state index contributed by atoms with van der Waals surface area (Å²) in [6.07, 6.45) is 6.23. The number of halogens is 2. The average Bonchev–Trinajstić information content (AvgIpc) is 2.61. The third kappa shape index (κ3) is 6.07. The second kappa shape index (κ2) is 10.2. The van der Waals surface area contributed by atoms with Gasteiger partial charge < -0.3 is 14.8 Å². The van der Waals surface area contributed by atoms with Crippen molar-refractivity contribution in [1.82, 2.24) is 5.32 Å². The molecule has 0 saturated heterocycles. The number of carbonyl (C=O) groups excluding carboxylic acids is 1. The molecule has 24 heavy (non-hydrogen) atoms. The number of carbonyl (C=O) groups is 1. The molecule has 0 aromatic heterocycles. The Morgan fingerprint density at radius 2 is 1.92 bits per heavy atom. The van der Waals surface area contributed by atoms with Crippen molar-refractivity contribution in [2.24, 2.45) is 5.92 Å². The molecular formula is C18H25F2NO3. The van der Waals surface area contributed by atoms with E-state index >= 15 is 0 Å². The van der Waals surface area contributed by atoms with Gasteiger partial charge in [0.1, 0.15) is 6.61 Å². The Bertz CT molecular complexity index is 519. The van der Waals surface area contributed by atoms with Crippen molar-refractivity contribution >= 4 is 5.91 Å². The van der Waals surface area contributed by atoms with Gasteiger partial charge in [0.05, 0.1) is 6.61 Å². The standard InChI is InChI=1S/C18H25F2NO3/c19-15-8-4-9-16(17(15)20)24-13-12-23-11-5-10-21-18(22)14-6-2-1-3-7-14/h4,8-9,14H,1-3,5-7,10-13H2,(H,21,22). The fourth-order valence-corrected chi connectivity index (χ4v) is 2.80. The molecule has 2 rings (SSSR count). The summed E-state index contributed by atoms with van der Waals surface area (Å²) in [6.45, 7) is 1.51. The van der Waals surface area contributed by atoms with E-state index in [1.165, 1.54) is 18.6 Å². The van der Waals surface area contributed by atoms with Crippen molar-refractivity contribution in [2.45, 2.75) is 38.5 Å². The fraction of sp³-hybridized carbons (Fsp3) is 0.611. The summed E-state index contributed by atoms with van der Waals surface area (Å²) in [5.41, 5.74) is 0. The van der Waals surface area contributed by atoms with Crippen LogP contribution in [0, 0.1) is 17.6 Å². The number of hydrogen-bond donors (Lipinski definition) is 1. The molecule has 1 N–H and O–H groups in total. The zero-order chi connectivity index (χ0) is 17.2. The van der Waals surface area contributed by atoms with E-state index in [0.29, 0.717) is 19.6 Å². The van der Waals surface area contributed by atoms with Crippen LogP contribution < -0.4 is 10.1 Å². The molecule has 1 amide bonds. The lowest BCUT2D eigenvalue weighted by Crippen LogP contribution is -2.33. The van der Waals surface area contributed by atoms with Crippen molar-refractivity contribution in [3.8, 4) is 5.75 Å². The van der Waals surface area contributed by atoms with E-state index in [1.54, 1.807) is 0 Å². The molecule has 1 aliphatic rings. The van der Waals surface area contributed by atoms with Gasteiger partial charge in [-0.2, -0.15) is 4.39 Å². The van der Waals surface area contributed by atoms with Gasteiger partial charge in [-0.15, -0.1) is 0 Å². The van der Waals surface area contributed by atoms with Gasteiger partial charge in [-0.3, -0.25) is 4.79 Å². The average molecular weight is 341 g/mol. The van der Waals surface area contributed by atoms with Crippen LogP contribution in [0.5, 0.6) is 5.75 Å². The molecule has 1 aliphatic carbocycles. The Labute approximate surface area is 141 Å². The molecule has 0 aliphatic heterocycles. The van der Waals surface area contributed by atoms with Crippen molar-refractivity contribution in [3.63, 3.8) is 0 Å². The number of amides is 1. The monoisotopic (exact) mass is 341 g/mol. The predicted molar refractivity (Wildman–Crippen MR) is 86.9 cm³/mol. The van der Waals surface area contributed by atoms with Crippen LogP contribution in [0.2, 0.25) is 0 Å². The van der Waals surface area contributed by atoms with Crippen molar-refractivity contribution in [3.05, 3.63) is 29.8 Å². The highest BCUT2D eigenvalue weighted by Crippen LogP contribution is 2.23. The maximum atomic E-state index is 13.3.